The lowest BCUT2D eigenvalue weighted by Crippen LogP contribution is -2.57. The van der Waals surface area contributed by atoms with Crippen molar-refractivity contribution in [1.82, 2.24) is 10.6 Å². The average molecular weight is 272 g/mol. The van der Waals surface area contributed by atoms with Gasteiger partial charge < -0.3 is 20.5 Å². The third-order valence-corrected chi connectivity index (χ3v) is 3.48. The van der Waals surface area contributed by atoms with Crippen molar-refractivity contribution in [3.63, 3.8) is 0 Å². The molecule has 1 rings (SSSR count). The van der Waals surface area contributed by atoms with E-state index in [9.17, 15) is 14.4 Å². The van der Waals surface area contributed by atoms with Crippen molar-refractivity contribution in [2.24, 2.45) is 0 Å². The zero-order valence-corrected chi connectivity index (χ0v) is 11.2. The molecule has 0 saturated carbocycles. The number of rotatable bonds is 6. The molecule has 0 aromatic heterocycles. The van der Waals surface area contributed by atoms with E-state index in [4.69, 9.17) is 5.11 Å². The van der Waals surface area contributed by atoms with E-state index in [1.807, 2.05) is 6.92 Å². The van der Waals surface area contributed by atoms with Gasteiger partial charge in [-0.3, -0.25) is 9.59 Å². The van der Waals surface area contributed by atoms with E-state index >= 15 is 0 Å². The standard InChI is InChI=1S/C12H20N2O5/c1-3-12(5-4-6-13-12)11(18)14-8(10(16)17)7-9(15)19-2/h8,13H,3-7H2,1-2H3,(H,14,18)(H,16,17)/t8-,12?/m0/s1. The lowest BCUT2D eigenvalue weighted by Gasteiger charge is -2.28. The van der Waals surface area contributed by atoms with Crippen molar-refractivity contribution in [3.05, 3.63) is 0 Å². The van der Waals surface area contributed by atoms with Crippen molar-refractivity contribution in [1.29, 1.82) is 0 Å². The van der Waals surface area contributed by atoms with Gasteiger partial charge in [0.1, 0.15) is 6.04 Å². The van der Waals surface area contributed by atoms with Crippen LogP contribution >= 0.6 is 0 Å². The molecule has 1 saturated heterocycles. The summed E-state index contributed by atoms with van der Waals surface area (Å²) in [5.74, 6) is -2.29. The monoisotopic (exact) mass is 272 g/mol. The Bertz CT molecular complexity index is 363. The zero-order chi connectivity index (χ0) is 14.5. The highest BCUT2D eigenvalue weighted by Gasteiger charge is 2.40. The molecular formula is C12H20N2O5. The highest BCUT2D eigenvalue weighted by molar-refractivity contribution is 5.92. The molecule has 0 aromatic rings. The van der Waals surface area contributed by atoms with Crippen LogP contribution in [0.1, 0.15) is 32.6 Å². The first-order valence-electron chi connectivity index (χ1n) is 6.31. The van der Waals surface area contributed by atoms with E-state index in [-0.39, 0.29) is 12.3 Å². The molecule has 1 fully saturated rings. The van der Waals surface area contributed by atoms with Crippen LogP contribution in [0.5, 0.6) is 0 Å². The van der Waals surface area contributed by atoms with Crippen LogP contribution in [0, 0.1) is 0 Å². The maximum atomic E-state index is 12.2. The van der Waals surface area contributed by atoms with Gasteiger partial charge in [0.2, 0.25) is 5.91 Å². The van der Waals surface area contributed by atoms with Gasteiger partial charge in [0.05, 0.1) is 19.1 Å². The quantitative estimate of drug-likeness (QED) is 0.571. The Hall–Kier alpha value is -1.63. The second-order valence-corrected chi connectivity index (χ2v) is 4.61. The maximum absolute atomic E-state index is 12.2. The van der Waals surface area contributed by atoms with Crippen molar-refractivity contribution in [2.75, 3.05) is 13.7 Å². The summed E-state index contributed by atoms with van der Waals surface area (Å²) in [6, 6.07) is -1.26. The van der Waals surface area contributed by atoms with Crippen LogP contribution in [0.25, 0.3) is 0 Å². The summed E-state index contributed by atoms with van der Waals surface area (Å²) in [6.07, 6.45) is 1.73. The smallest absolute Gasteiger partial charge is 0.326 e. The molecule has 0 spiro atoms. The first kappa shape index (κ1) is 15.4. The number of amides is 1. The van der Waals surface area contributed by atoms with Crippen LogP contribution in [0.3, 0.4) is 0 Å². The fourth-order valence-electron chi connectivity index (χ4n) is 2.21. The van der Waals surface area contributed by atoms with Crippen LogP contribution in [0.15, 0.2) is 0 Å². The summed E-state index contributed by atoms with van der Waals surface area (Å²) in [7, 11) is 1.18. The summed E-state index contributed by atoms with van der Waals surface area (Å²) >= 11 is 0. The molecule has 0 radical (unpaired) electrons. The number of esters is 1. The first-order valence-corrected chi connectivity index (χ1v) is 6.31. The van der Waals surface area contributed by atoms with Crippen LogP contribution in [-0.2, 0) is 19.1 Å². The number of nitrogens with one attached hydrogen (secondary N) is 2. The number of hydrogen-bond acceptors (Lipinski definition) is 5. The molecule has 108 valence electrons. The van der Waals surface area contributed by atoms with Gasteiger partial charge in [0.25, 0.3) is 0 Å². The Kier molecular flexibility index (Phi) is 5.29. The number of hydrogen-bond donors (Lipinski definition) is 3. The minimum Gasteiger partial charge on any atom is -0.480 e. The normalized spacial score (nSPS) is 23.7. The molecule has 1 amide bonds. The largest absolute Gasteiger partial charge is 0.480 e. The molecule has 1 aliphatic heterocycles. The number of carboxylic acid groups (broad SMARTS) is 1. The van der Waals surface area contributed by atoms with Gasteiger partial charge in [-0.1, -0.05) is 6.92 Å². The number of carbonyl (C=O) groups excluding carboxylic acids is 2. The minimum absolute atomic E-state index is 0.371. The summed E-state index contributed by atoms with van der Waals surface area (Å²) in [6.45, 7) is 2.60. The first-order chi connectivity index (χ1) is 8.95. The van der Waals surface area contributed by atoms with Gasteiger partial charge in [-0.15, -0.1) is 0 Å². The van der Waals surface area contributed by atoms with E-state index in [1.165, 1.54) is 7.11 Å². The number of ether oxygens (including phenoxy) is 1. The fraction of sp³-hybridized carbons (Fsp3) is 0.750. The van der Waals surface area contributed by atoms with Crippen LogP contribution in [0.2, 0.25) is 0 Å². The fourth-order valence-corrected chi connectivity index (χ4v) is 2.21. The number of carbonyl (C=O) groups is 3. The minimum atomic E-state index is -1.26. The molecule has 0 bridgehead atoms. The molecule has 7 nitrogen and oxygen atoms in total. The van der Waals surface area contributed by atoms with Crippen molar-refractivity contribution < 1.29 is 24.2 Å². The number of methoxy groups -OCH3 is 1. The van der Waals surface area contributed by atoms with Gasteiger partial charge in [-0.25, -0.2) is 4.79 Å². The zero-order valence-electron chi connectivity index (χ0n) is 11.2. The van der Waals surface area contributed by atoms with E-state index < -0.39 is 23.5 Å². The van der Waals surface area contributed by atoms with Gasteiger partial charge in [-0.05, 0) is 25.8 Å². The van der Waals surface area contributed by atoms with Crippen LogP contribution < -0.4 is 10.6 Å². The molecule has 7 heteroatoms. The van der Waals surface area contributed by atoms with Crippen molar-refractivity contribution in [2.45, 2.75) is 44.2 Å². The highest BCUT2D eigenvalue weighted by atomic mass is 16.5. The predicted octanol–water partition coefficient (Wildman–Crippen LogP) is -0.349. The lowest BCUT2D eigenvalue weighted by molar-refractivity contribution is -0.149. The second kappa shape index (κ2) is 6.51. The molecule has 1 aliphatic rings. The second-order valence-electron chi connectivity index (χ2n) is 4.61. The molecular weight excluding hydrogens is 252 g/mol. The number of aliphatic carboxylic acids is 1. The van der Waals surface area contributed by atoms with E-state index in [0.717, 1.165) is 13.0 Å². The summed E-state index contributed by atoms with van der Waals surface area (Å²) in [5, 5.41) is 14.5. The molecule has 2 atom stereocenters. The topological polar surface area (TPSA) is 105 Å². The van der Waals surface area contributed by atoms with E-state index in [2.05, 4.69) is 15.4 Å². The average Bonchev–Trinajstić information content (AvgIpc) is 2.87. The number of carboxylic acids is 1. The maximum Gasteiger partial charge on any atom is 0.326 e. The van der Waals surface area contributed by atoms with E-state index in [0.29, 0.717) is 12.8 Å². The lowest BCUT2D eigenvalue weighted by atomic mass is 9.92. The Labute approximate surface area is 111 Å². The highest BCUT2D eigenvalue weighted by Crippen LogP contribution is 2.23. The summed E-state index contributed by atoms with van der Waals surface area (Å²) in [4.78, 5) is 34.4. The molecule has 1 unspecified atom stereocenters. The van der Waals surface area contributed by atoms with Crippen molar-refractivity contribution >= 4 is 17.8 Å². The summed E-state index contributed by atoms with van der Waals surface area (Å²) in [5.41, 5.74) is -0.718. The Morgan fingerprint density at radius 2 is 2.16 bits per heavy atom. The third kappa shape index (κ3) is 3.66. The molecule has 1 heterocycles. The van der Waals surface area contributed by atoms with Crippen LogP contribution in [0.4, 0.5) is 0 Å². The SMILES string of the molecule is CCC1(C(=O)N[C@@H](CC(=O)OC)C(=O)O)CCCN1. The van der Waals surface area contributed by atoms with Gasteiger partial charge in [-0.2, -0.15) is 0 Å². The van der Waals surface area contributed by atoms with Crippen LogP contribution in [-0.4, -0.2) is 48.2 Å². The Morgan fingerprint density at radius 3 is 2.58 bits per heavy atom. The van der Waals surface area contributed by atoms with Gasteiger partial charge in [0, 0.05) is 0 Å². The molecule has 19 heavy (non-hydrogen) atoms. The molecule has 3 N–H and O–H groups in total. The third-order valence-electron chi connectivity index (χ3n) is 3.48. The van der Waals surface area contributed by atoms with Gasteiger partial charge >= 0.3 is 11.9 Å². The molecule has 0 aromatic carbocycles. The van der Waals surface area contributed by atoms with E-state index in [1.54, 1.807) is 0 Å². The summed E-state index contributed by atoms with van der Waals surface area (Å²) < 4.78 is 4.42. The predicted molar refractivity (Wildman–Crippen MR) is 66.5 cm³/mol. The molecule has 0 aliphatic carbocycles. The Balaban J connectivity index is 2.70. The van der Waals surface area contributed by atoms with Gasteiger partial charge in [0.15, 0.2) is 0 Å². The Morgan fingerprint density at radius 1 is 1.47 bits per heavy atom. The van der Waals surface area contributed by atoms with Crippen molar-refractivity contribution in [3.8, 4) is 0 Å².